The van der Waals surface area contributed by atoms with Crippen LogP contribution < -0.4 is 5.32 Å². The summed E-state index contributed by atoms with van der Waals surface area (Å²) in [6.07, 6.45) is 0.533. The van der Waals surface area contributed by atoms with Crippen molar-refractivity contribution in [2.75, 3.05) is 25.6 Å². The molecule has 1 unspecified atom stereocenters. The zero-order valence-electron chi connectivity index (χ0n) is 17.0. The average Bonchev–Trinajstić information content (AvgIpc) is 2.79. The van der Waals surface area contributed by atoms with E-state index in [0.29, 0.717) is 13.2 Å². The van der Waals surface area contributed by atoms with Crippen LogP contribution in [0.2, 0.25) is 0 Å². The Bertz CT molecular complexity index is 1180. The fraction of sp³-hybridized carbons (Fsp3) is 0.192. The first-order chi connectivity index (χ1) is 14.8. The molecule has 0 fully saturated rings. The monoisotopic (exact) mass is 396 g/mol. The zero-order chi connectivity index (χ0) is 20.5. The molecule has 0 aliphatic carbocycles. The third kappa shape index (κ3) is 3.10. The van der Waals surface area contributed by atoms with E-state index in [-0.39, 0.29) is 12.1 Å². The number of benzene rings is 4. The Kier molecular flexibility index (Phi) is 4.85. The highest BCUT2D eigenvalue weighted by Gasteiger charge is 2.34. The topological polar surface area (TPSA) is 41.6 Å². The van der Waals surface area contributed by atoms with Crippen molar-refractivity contribution >= 4 is 33.1 Å². The predicted molar refractivity (Wildman–Crippen MR) is 122 cm³/mol. The minimum Gasteiger partial charge on any atom is -0.385 e. The van der Waals surface area contributed by atoms with Gasteiger partial charge in [-0.05, 0) is 46.2 Å². The SMILES string of the molecule is COCCCN1C(=O)c2ccccc2NC1c1c2ccccc2cc2ccccc12. The molecule has 1 aliphatic rings. The van der Waals surface area contributed by atoms with Gasteiger partial charge in [0.1, 0.15) is 6.17 Å². The van der Waals surface area contributed by atoms with E-state index in [9.17, 15) is 4.79 Å². The molecular weight excluding hydrogens is 372 g/mol. The van der Waals surface area contributed by atoms with Crippen molar-refractivity contribution in [3.05, 3.63) is 90.0 Å². The van der Waals surface area contributed by atoms with Crippen LogP contribution in [0.3, 0.4) is 0 Å². The molecule has 1 heterocycles. The number of nitrogens with zero attached hydrogens (tertiary/aromatic N) is 1. The summed E-state index contributed by atoms with van der Waals surface area (Å²) in [6.45, 7) is 1.24. The number of amides is 1. The largest absolute Gasteiger partial charge is 0.385 e. The first-order valence-corrected chi connectivity index (χ1v) is 10.3. The summed E-state index contributed by atoms with van der Waals surface area (Å²) in [6, 6.07) is 26.8. The van der Waals surface area contributed by atoms with E-state index >= 15 is 0 Å². The molecule has 5 rings (SSSR count). The van der Waals surface area contributed by atoms with Crippen molar-refractivity contribution in [3.63, 3.8) is 0 Å². The molecule has 1 amide bonds. The van der Waals surface area contributed by atoms with E-state index in [2.05, 4.69) is 59.9 Å². The third-order valence-corrected chi connectivity index (χ3v) is 5.86. The number of fused-ring (bicyclic) bond motifs is 3. The molecule has 150 valence electrons. The van der Waals surface area contributed by atoms with Gasteiger partial charge in [0.2, 0.25) is 0 Å². The first-order valence-electron chi connectivity index (χ1n) is 10.3. The van der Waals surface area contributed by atoms with E-state index in [1.807, 2.05) is 29.2 Å². The molecule has 0 aromatic heterocycles. The molecule has 4 aromatic carbocycles. The molecule has 0 radical (unpaired) electrons. The zero-order valence-corrected chi connectivity index (χ0v) is 17.0. The number of hydrogen-bond donors (Lipinski definition) is 1. The number of para-hydroxylation sites is 1. The minimum absolute atomic E-state index is 0.0578. The maximum absolute atomic E-state index is 13.5. The van der Waals surface area contributed by atoms with Crippen LogP contribution in [0, 0.1) is 0 Å². The van der Waals surface area contributed by atoms with Gasteiger partial charge in [-0.3, -0.25) is 4.79 Å². The van der Waals surface area contributed by atoms with Crippen LogP contribution in [0.5, 0.6) is 0 Å². The van der Waals surface area contributed by atoms with Gasteiger partial charge in [0, 0.05) is 31.5 Å². The number of carbonyl (C=O) groups excluding carboxylic acids is 1. The Hall–Kier alpha value is -3.37. The first kappa shape index (κ1) is 18.6. The lowest BCUT2D eigenvalue weighted by atomic mass is 9.92. The van der Waals surface area contributed by atoms with Crippen LogP contribution in [0.15, 0.2) is 78.9 Å². The molecule has 0 spiro atoms. The second-order valence-electron chi connectivity index (χ2n) is 7.67. The van der Waals surface area contributed by atoms with Crippen LogP contribution in [0.1, 0.15) is 28.5 Å². The molecule has 0 saturated carbocycles. The molecule has 1 N–H and O–H groups in total. The van der Waals surface area contributed by atoms with E-state index < -0.39 is 0 Å². The van der Waals surface area contributed by atoms with Crippen molar-refractivity contribution in [3.8, 4) is 0 Å². The fourth-order valence-corrected chi connectivity index (χ4v) is 4.47. The van der Waals surface area contributed by atoms with Gasteiger partial charge in [-0.2, -0.15) is 0 Å². The van der Waals surface area contributed by atoms with Crippen LogP contribution in [-0.2, 0) is 4.74 Å². The van der Waals surface area contributed by atoms with Crippen molar-refractivity contribution < 1.29 is 9.53 Å². The van der Waals surface area contributed by atoms with E-state index in [1.54, 1.807) is 7.11 Å². The fourth-order valence-electron chi connectivity index (χ4n) is 4.47. The summed E-state index contributed by atoms with van der Waals surface area (Å²) in [4.78, 5) is 15.5. The smallest absolute Gasteiger partial charge is 0.257 e. The highest BCUT2D eigenvalue weighted by Crippen LogP contribution is 2.39. The van der Waals surface area contributed by atoms with E-state index in [4.69, 9.17) is 4.74 Å². The quantitative estimate of drug-likeness (QED) is 0.353. The van der Waals surface area contributed by atoms with Crippen molar-refractivity contribution in [1.82, 2.24) is 4.90 Å². The summed E-state index contributed by atoms with van der Waals surface area (Å²) in [5, 5.41) is 8.35. The highest BCUT2D eigenvalue weighted by molar-refractivity contribution is 6.06. The van der Waals surface area contributed by atoms with Gasteiger partial charge < -0.3 is 15.0 Å². The van der Waals surface area contributed by atoms with Crippen LogP contribution >= 0.6 is 0 Å². The van der Waals surface area contributed by atoms with E-state index in [1.165, 1.54) is 10.8 Å². The van der Waals surface area contributed by atoms with Crippen LogP contribution in [0.25, 0.3) is 21.5 Å². The third-order valence-electron chi connectivity index (χ3n) is 5.86. The number of ether oxygens (including phenoxy) is 1. The molecular formula is C26H24N2O2. The van der Waals surface area contributed by atoms with Gasteiger partial charge in [0.25, 0.3) is 5.91 Å². The molecule has 4 aromatic rings. The lowest BCUT2D eigenvalue weighted by molar-refractivity contribution is 0.0662. The van der Waals surface area contributed by atoms with Crippen molar-refractivity contribution in [1.29, 1.82) is 0 Å². The molecule has 0 saturated heterocycles. The Labute approximate surface area is 176 Å². The summed E-state index contributed by atoms with van der Waals surface area (Å²) < 4.78 is 5.26. The van der Waals surface area contributed by atoms with Gasteiger partial charge in [-0.1, -0.05) is 60.7 Å². The summed E-state index contributed by atoms with van der Waals surface area (Å²) in [7, 11) is 1.70. The Morgan fingerprint density at radius 3 is 2.23 bits per heavy atom. The summed E-state index contributed by atoms with van der Waals surface area (Å²) in [5.41, 5.74) is 2.74. The Balaban J connectivity index is 1.74. The van der Waals surface area contributed by atoms with Gasteiger partial charge >= 0.3 is 0 Å². The second kappa shape index (κ2) is 7.81. The number of anilines is 1. The molecule has 4 heteroatoms. The van der Waals surface area contributed by atoms with Crippen LogP contribution in [0.4, 0.5) is 5.69 Å². The molecule has 1 aliphatic heterocycles. The average molecular weight is 396 g/mol. The highest BCUT2D eigenvalue weighted by atomic mass is 16.5. The summed E-state index contributed by atoms with van der Waals surface area (Å²) in [5.74, 6) is 0.0578. The minimum atomic E-state index is -0.250. The molecule has 0 bridgehead atoms. The number of methoxy groups -OCH3 is 1. The Morgan fingerprint density at radius 1 is 0.900 bits per heavy atom. The van der Waals surface area contributed by atoms with Gasteiger partial charge in [0.15, 0.2) is 0 Å². The predicted octanol–water partition coefficient (Wildman–Crippen LogP) is 5.60. The Morgan fingerprint density at radius 2 is 1.53 bits per heavy atom. The molecule has 4 nitrogen and oxygen atoms in total. The van der Waals surface area contributed by atoms with Crippen LogP contribution in [-0.4, -0.2) is 31.1 Å². The second-order valence-corrected chi connectivity index (χ2v) is 7.67. The lowest BCUT2D eigenvalue weighted by Gasteiger charge is -2.39. The maximum atomic E-state index is 13.5. The summed E-state index contributed by atoms with van der Waals surface area (Å²) >= 11 is 0. The number of hydrogen-bond acceptors (Lipinski definition) is 3. The normalized spacial score (nSPS) is 16.0. The molecule has 1 atom stereocenters. The number of rotatable bonds is 5. The number of nitrogens with one attached hydrogen (secondary N) is 1. The standard InChI is InChI=1S/C26H24N2O2/c1-30-16-8-15-28-25(27-23-14-7-6-13-22(23)26(28)29)24-20-11-4-2-9-18(20)17-19-10-3-5-12-21(19)24/h2-7,9-14,17,25,27H,8,15-16H2,1H3. The number of carbonyl (C=O) groups is 1. The lowest BCUT2D eigenvalue weighted by Crippen LogP contribution is -2.43. The maximum Gasteiger partial charge on any atom is 0.257 e. The van der Waals surface area contributed by atoms with Crippen molar-refractivity contribution in [2.24, 2.45) is 0 Å². The van der Waals surface area contributed by atoms with Gasteiger partial charge in [-0.15, -0.1) is 0 Å². The van der Waals surface area contributed by atoms with Gasteiger partial charge in [-0.25, -0.2) is 0 Å². The molecule has 30 heavy (non-hydrogen) atoms. The van der Waals surface area contributed by atoms with Gasteiger partial charge in [0.05, 0.1) is 5.56 Å². The van der Waals surface area contributed by atoms with E-state index in [0.717, 1.165) is 34.0 Å². The van der Waals surface area contributed by atoms with Crippen molar-refractivity contribution in [2.45, 2.75) is 12.6 Å².